The van der Waals surface area contributed by atoms with E-state index in [4.69, 9.17) is 23.2 Å². The molecule has 0 aliphatic rings. The molecular weight excluding hydrogens is 367 g/mol. The van der Waals surface area contributed by atoms with Gasteiger partial charge in [0.2, 0.25) is 0 Å². The summed E-state index contributed by atoms with van der Waals surface area (Å²) >= 11 is 11.9. The SMILES string of the molecule is O=C(/C=C/C(O)(c1ccc(Cl)cc1)c1ccc(Cl)cc1)c1ccccc1. The van der Waals surface area contributed by atoms with Crippen LogP contribution in [0.3, 0.4) is 0 Å². The zero-order valence-corrected chi connectivity index (χ0v) is 15.3. The van der Waals surface area contributed by atoms with Gasteiger partial charge in [-0.05, 0) is 47.5 Å². The van der Waals surface area contributed by atoms with E-state index in [1.54, 1.807) is 72.8 Å². The Morgan fingerprint density at radius 3 is 1.69 bits per heavy atom. The second-order valence-electron chi connectivity index (χ2n) is 5.84. The molecule has 1 N–H and O–H groups in total. The Bertz CT molecular complexity index is 869. The Morgan fingerprint density at radius 2 is 1.23 bits per heavy atom. The summed E-state index contributed by atoms with van der Waals surface area (Å²) in [5.41, 5.74) is 0.264. The molecule has 0 saturated carbocycles. The highest BCUT2D eigenvalue weighted by Crippen LogP contribution is 2.33. The first kappa shape index (κ1) is 18.4. The molecule has 0 saturated heterocycles. The maximum absolute atomic E-state index is 12.4. The number of allylic oxidation sites excluding steroid dienone is 1. The monoisotopic (exact) mass is 382 g/mol. The number of halogens is 2. The smallest absolute Gasteiger partial charge is 0.185 e. The van der Waals surface area contributed by atoms with Gasteiger partial charge in [-0.3, -0.25) is 4.79 Å². The number of carbonyl (C=O) groups is 1. The van der Waals surface area contributed by atoms with E-state index in [1.165, 1.54) is 12.2 Å². The van der Waals surface area contributed by atoms with Crippen molar-refractivity contribution in [1.82, 2.24) is 0 Å². The van der Waals surface area contributed by atoms with E-state index in [1.807, 2.05) is 6.07 Å². The predicted molar refractivity (Wildman–Crippen MR) is 106 cm³/mol. The lowest BCUT2D eigenvalue weighted by atomic mass is 9.85. The van der Waals surface area contributed by atoms with Gasteiger partial charge in [0.1, 0.15) is 5.60 Å². The van der Waals surface area contributed by atoms with Crippen LogP contribution in [-0.4, -0.2) is 10.9 Å². The molecule has 0 amide bonds. The quantitative estimate of drug-likeness (QED) is 0.455. The van der Waals surface area contributed by atoms with E-state index < -0.39 is 5.60 Å². The van der Waals surface area contributed by atoms with Crippen molar-refractivity contribution in [3.63, 3.8) is 0 Å². The van der Waals surface area contributed by atoms with Gasteiger partial charge in [-0.1, -0.05) is 77.8 Å². The zero-order chi connectivity index (χ0) is 18.6. The second kappa shape index (κ2) is 7.88. The van der Waals surface area contributed by atoms with Crippen LogP contribution >= 0.6 is 23.2 Å². The Hall–Kier alpha value is -2.39. The number of benzene rings is 3. The normalized spacial score (nSPS) is 11.7. The van der Waals surface area contributed by atoms with Crippen LogP contribution in [-0.2, 0) is 5.60 Å². The van der Waals surface area contributed by atoms with Crippen molar-refractivity contribution in [1.29, 1.82) is 0 Å². The Kier molecular flexibility index (Phi) is 5.58. The summed E-state index contributed by atoms with van der Waals surface area (Å²) in [7, 11) is 0. The molecule has 0 aromatic heterocycles. The molecule has 3 aromatic carbocycles. The van der Waals surface area contributed by atoms with Gasteiger partial charge < -0.3 is 5.11 Å². The number of hydrogen-bond donors (Lipinski definition) is 1. The summed E-state index contributed by atoms with van der Waals surface area (Å²) in [4.78, 5) is 12.4. The summed E-state index contributed by atoms with van der Waals surface area (Å²) in [6, 6.07) is 22.6. The van der Waals surface area contributed by atoms with Gasteiger partial charge in [0.05, 0.1) is 0 Å². The molecule has 0 radical (unpaired) electrons. The third-order valence-electron chi connectivity index (χ3n) is 4.10. The van der Waals surface area contributed by atoms with Crippen LogP contribution in [0.15, 0.2) is 91.0 Å². The molecule has 0 spiro atoms. The average Bonchev–Trinajstić information content (AvgIpc) is 2.67. The minimum atomic E-state index is -1.49. The Morgan fingerprint density at radius 1 is 0.769 bits per heavy atom. The molecule has 0 heterocycles. The van der Waals surface area contributed by atoms with Crippen molar-refractivity contribution in [2.24, 2.45) is 0 Å². The lowest BCUT2D eigenvalue weighted by Crippen LogP contribution is -2.25. The lowest BCUT2D eigenvalue weighted by molar-refractivity contribution is 0.103. The van der Waals surface area contributed by atoms with E-state index >= 15 is 0 Å². The number of rotatable bonds is 5. The summed E-state index contributed by atoms with van der Waals surface area (Å²) < 4.78 is 0. The van der Waals surface area contributed by atoms with Gasteiger partial charge in [0.25, 0.3) is 0 Å². The first-order valence-electron chi connectivity index (χ1n) is 8.02. The first-order chi connectivity index (χ1) is 12.5. The Balaban J connectivity index is 2.03. The van der Waals surface area contributed by atoms with Crippen LogP contribution in [0.1, 0.15) is 21.5 Å². The van der Waals surface area contributed by atoms with Crippen molar-refractivity contribution >= 4 is 29.0 Å². The highest BCUT2D eigenvalue weighted by Gasteiger charge is 2.29. The number of carbonyl (C=O) groups excluding carboxylic acids is 1. The van der Waals surface area contributed by atoms with E-state index in [-0.39, 0.29) is 5.78 Å². The minimum absolute atomic E-state index is 0.188. The first-order valence-corrected chi connectivity index (χ1v) is 8.78. The zero-order valence-electron chi connectivity index (χ0n) is 13.8. The molecule has 0 aliphatic heterocycles. The maximum atomic E-state index is 12.4. The van der Waals surface area contributed by atoms with Gasteiger partial charge in [-0.2, -0.15) is 0 Å². The second-order valence-corrected chi connectivity index (χ2v) is 6.72. The van der Waals surface area contributed by atoms with Crippen molar-refractivity contribution in [2.75, 3.05) is 0 Å². The topological polar surface area (TPSA) is 37.3 Å². The molecule has 0 atom stereocenters. The number of hydrogen-bond acceptors (Lipinski definition) is 2. The minimum Gasteiger partial charge on any atom is -0.377 e. The summed E-state index contributed by atoms with van der Waals surface area (Å²) in [5, 5.41) is 12.5. The van der Waals surface area contributed by atoms with Crippen LogP contribution in [0.4, 0.5) is 0 Å². The molecule has 0 fully saturated rings. The summed E-state index contributed by atoms with van der Waals surface area (Å²) in [6.07, 6.45) is 2.88. The fraction of sp³-hybridized carbons (Fsp3) is 0.0455. The van der Waals surface area contributed by atoms with Crippen LogP contribution in [0.2, 0.25) is 10.0 Å². The molecular formula is C22H16Cl2O2. The lowest BCUT2D eigenvalue weighted by Gasteiger charge is -2.26. The van der Waals surface area contributed by atoms with Crippen LogP contribution in [0, 0.1) is 0 Å². The largest absolute Gasteiger partial charge is 0.377 e. The average molecular weight is 383 g/mol. The van der Waals surface area contributed by atoms with E-state index in [0.717, 1.165) is 0 Å². The van der Waals surface area contributed by atoms with Gasteiger partial charge in [0.15, 0.2) is 5.78 Å². The fourth-order valence-electron chi connectivity index (χ4n) is 2.66. The van der Waals surface area contributed by atoms with Gasteiger partial charge in [-0.25, -0.2) is 0 Å². The van der Waals surface area contributed by atoms with Crippen molar-refractivity contribution in [3.8, 4) is 0 Å². The molecule has 3 rings (SSSR count). The molecule has 3 aromatic rings. The van der Waals surface area contributed by atoms with E-state index in [9.17, 15) is 9.90 Å². The van der Waals surface area contributed by atoms with Gasteiger partial charge >= 0.3 is 0 Å². The predicted octanol–water partition coefficient (Wildman–Crippen LogP) is 5.67. The van der Waals surface area contributed by atoms with E-state index in [0.29, 0.717) is 26.7 Å². The standard InChI is InChI=1S/C22H16Cl2O2/c23-19-10-6-17(7-11-19)22(26,18-8-12-20(24)13-9-18)15-14-21(25)16-4-2-1-3-5-16/h1-15,26H/b15-14+. The molecule has 130 valence electrons. The Labute approximate surface area is 162 Å². The van der Waals surface area contributed by atoms with Crippen LogP contribution in [0.25, 0.3) is 0 Å². The molecule has 0 unspecified atom stereocenters. The van der Waals surface area contributed by atoms with Crippen molar-refractivity contribution in [2.45, 2.75) is 5.60 Å². The highest BCUT2D eigenvalue weighted by molar-refractivity contribution is 6.30. The summed E-state index contributed by atoms with van der Waals surface area (Å²) in [5.74, 6) is -0.188. The third-order valence-corrected chi connectivity index (χ3v) is 4.61. The third kappa shape index (κ3) is 4.05. The summed E-state index contributed by atoms with van der Waals surface area (Å²) in [6.45, 7) is 0. The van der Waals surface area contributed by atoms with Crippen molar-refractivity contribution < 1.29 is 9.90 Å². The molecule has 4 heteroatoms. The maximum Gasteiger partial charge on any atom is 0.185 e. The number of aliphatic hydroxyl groups is 1. The molecule has 2 nitrogen and oxygen atoms in total. The highest BCUT2D eigenvalue weighted by atomic mass is 35.5. The fourth-order valence-corrected chi connectivity index (χ4v) is 2.91. The van der Waals surface area contributed by atoms with Gasteiger partial charge in [-0.15, -0.1) is 0 Å². The molecule has 0 bridgehead atoms. The molecule has 0 aliphatic carbocycles. The van der Waals surface area contributed by atoms with Crippen LogP contribution in [0.5, 0.6) is 0 Å². The van der Waals surface area contributed by atoms with E-state index in [2.05, 4.69) is 0 Å². The van der Waals surface area contributed by atoms with Crippen molar-refractivity contribution in [3.05, 3.63) is 118 Å². The number of ketones is 1. The van der Waals surface area contributed by atoms with Crippen LogP contribution < -0.4 is 0 Å². The van der Waals surface area contributed by atoms with Gasteiger partial charge in [0, 0.05) is 15.6 Å². The molecule has 26 heavy (non-hydrogen) atoms.